The lowest BCUT2D eigenvalue weighted by atomic mass is 10.00. The molecule has 7 nitrogen and oxygen atoms in total. The van der Waals surface area contributed by atoms with Crippen molar-refractivity contribution in [3.05, 3.63) is 71.4 Å². The molecule has 146 valence electrons. The first-order valence-electron chi connectivity index (χ1n) is 9.41. The molecule has 4 aromatic rings. The van der Waals surface area contributed by atoms with Crippen molar-refractivity contribution in [3.8, 4) is 16.9 Å². The average Bonchev–Trinajstić information content (AvgIpc) is 3.43. The van der Waals surface area contributed by atoms with E-state index in [1.807, 2.05) is 10.5 Å². The molecular weight excluding hydrogens is 373 g/mol. The Morgan fingerprint density at radius 2 is 2.03 bits per heavy atom. The summed E-state index contributed by atoms with van der Waals surface area (Å²) in [7, 11) is 0. The lowest BCUT2D eigenvalue weighted by molar-refractivity contribution is 0.277. The first-order valence-corrected chi connectivity index (χ1v) is 9.41. The minimum atomic E-state index is -0.207. The number of ether oxygens (including phenoxy) is 1. The molecule has 1 aliphatic rings. The van der Waals surface area contributed by atoms with Gasteiger partial charge in [-0.2, -0.15) is 0 Å². The van der Waals surface area contributed by atoms with Gasteiger partial charge < -0.3 is 9.84 Å². The molecule has 29 heavy (non-hydrogen) atoms. The van der Waals surface area contributed by atoms with Crippen molar-refractivity contribution in [1.82, 2.24) is 24.6 Å². The molecule has 0 saturated heterocycles. The number of benzene rings is 1. The minimum Gasteiger partial charge on any atom is -0.493 e. The number of pyridine rings is 1. The molecule has 0 spiro atoms. The van der Waals surface area contributed by atoms with E-state index in [2.05, 4.69) is 20.2 Å². The summed E-state index contributed by atoms with van der Waals surface area (Å²) in [5.74, 6) is 1.32. The molecule has 3 aromatic heterocycles. The second-order valence-electron chi connectivity index (χ2n) is 6.91. The zero-order valence-corrected chi connectivity index (χ0v) is 15.5. The summed E-state index contributed by atoms with van der Waals surface area (Å²) in [6.45, 7) is 0.486. The number of hydrogen-bond acceptors (Lipinski definition) is 6. The Labute approximate surface area is 165 Å². The van der Waals surface area contributed by atoms with Crippen LogP contribution in [0.3, 0.4) is 0 Å². The van der Waals surface area contributed by atoms with Gasteiger partial charge in [0.2, 0.25) is 0 Å². The summed E-state index contributed by atoms with van der Waals surface area (Å²) in [4.78, 5) is 8.81. The molecule has 4 heterocycles. The molecule has 0 bridgehead atoms. The number of halogens is 1. The van der Waals surface area contributed by atoms with Crippen LogP contribution in [0.15, 0.2) is 43.0 Å². The fourth-order valence-corrected chi connectivity index (χ4v) is 3.75. The van der Waals surface area contributed by atoms with E-state index in [1.165, 1.54) is 6.07 Å². The van der Waals surface area contributed by atoms with E-state index in [-0.39, 0.29) is 12.4 Å². The highest BCUT2D eigenvalue weighted by Gasteiger charge is 2.20. The summed E-state index contributed by atoms with van der Waals surface area (Å²) in [5, 5.41) is 17.4. The van der Waals surface area contributed by atoms with Crippen LogP contribution in [0, 0.1) is 5.82 Å². The number of fused-ring (bicyclic) bond motifs is 2. The Hall–Kier alpha value is -3.39. The lowest BCUT2D eigenvalue weighted by Gasteiger charge is -2.11. The van der Waals surface area contributed by atoms with E-state index in [4.69, 9.17) is 9.84 Å². The molecule has 1 N–H and O–H groups in total. The number of aliphatic hydroxyl groups is 1. The van der Waals surface area contributed by atoms with Crippen LogP contribution >= 0.6 is 0 Å². The monoisotopic (exact) mass is 391 g/mol. The summed E-state index contributed by atoms with van der Waals surface area (Å²) >= 11 is 0. The van der Waals surface area contributed by atoms with E-state index in [1.54, 1.807) is 30.9 Å². The molecule has 8 heteroatoms. The molecule has 0 fully saturated rings. The summed E-state index contributed by atoms with van der Waals surface area (Å²) in [5.41, 5.74) is 4.53. The molecule has 0 unspecified atom stereocenters. The Morgan fingerprint density at radius 1 is 1.10 bits per heavy atom. The standard InChI is InChI=1S/C21H18FN5O2/c22-18-4-5-19-16(7-8-29-19)15(18)3-6-20-24-10-17(21-26-25-12-27(20)21)13-1-2-14(11-28)23-9-13/h1-2,4-5,9-10,12,28H,3,6-8,11H2. The predicted molar refractivity (Wildman–Crippen MR) is 103 cm³/mol. The second-order valence-corrected chi connectivity index (χ2v) is 6.91. The highest BCUT2D eigenvalue weighted by atomic mass is 19.1. The smallest absolute Gasteiger partial charge is 0.171 e. The van der Waals surface area contributed by atoms with E-state index >= 15 is 0 Å². The van der Waals surface area contributed by atoms with Gasteiger partial charge >= 0.3 is 0 Å². The van der Waals surface area contributed by atoms with Crippen LogP contribution < -0.4 is 4.74 Å². The normalized spacial score (nSPS) is 12.9. The van der Waals surface area contributed by atoms with Gasteiger partial charge in [0.05, 0.1) is 18.9 Å². The molecule has 0 atom stereocenters. The van der Waals surface area contributed by atoms with Crippen molar-refractivity contribution < 1.29 is 14.2 Å². The molecule has 5 rings (SSSR count). The van der Waals surface area contributed by atoms with Gasteiger partial charge in [-0.05, 0) is 30.2 Å². The molecule has 0 radical (unpaired) electrons. The fraction of sp³-hybridized carbons (Fsp3) is 0.238. The highest BCUT2D eigenvalue weighted by molar-refractivity contribution is 5.76. The molecular formula is C21H18FN5O2. The summed E-state index contributed by atoms with van der Waals surface area (Å²) < 4.78 is 21.8. The van der Waals surface area contributed by atoms with Gasteiger partial charge in [-0.3, -0.25) is 9.38 Å². The number of aliphatic hydroxyl groups excluding tert-OH is 1. The fourth-order valence-electron chi connectivity index (χ4n) is 3.75. The van der Waals surface area contributed by atoms with Crippen molar-refractivity contribution >= 4 is 5.65 Å². The maximum atomic E-state index is 14.4. The van der Waals surface area contributed by atoms with Crippen LogP contribution in [0.25, 0.3) is 16.8 Å². The first-order chi connectivity index (χ1) is 14.2. The molecule has 0 amide bonds. The first kappa shape index (κ1) is 17.7. The van der Waals surface area contributed by atoms with E-state index in [0.29, 0.717) is 36.4 Å². The van der Waals surface area contributed by atoms with Crippen LogP contribution in [0.2, 0.25) is 0 Å². The zero-order chi connectivity index (χ0) is 19.8. The Kier molecular flexibility index (Phi) is 4.40. The van der Waals surface area contributed by atoms with E-state index in [9.17, 15) is 4.39 Å². The van der Waals surface area contributed by atoms with Gasteiger partial charge in [-0.15, -0.1) is 10.2 Å². The number of nitrogens with zero attached hydrogens (tertiary/aromatic N) is 5. The molecule has 0 saturated carbocycles. The molecule has 1 aromatic carbocycles. The Bertz CT molecular complexity index is 1190. The Balaban J connectivity index is 1.47. The van der Waals surface area contributed by atoms with Gasteiger partial charge in [0.15, 0.2) is 5.65 Å². The zero-order valence-electron chi connectivity index (χ0n) is 15.5. The van der Waals surface area contributed by atoms with Crippen LogP contribution in [0.5, 0.6) is 5.75 Å². The van der Waals surface area contributed by atoms with Crippen molar-refractivity contribution in [2.24, 2.45) is 0 Å². The quantitative estimate of drug-likeness (QED) is 0.563. The van der Waals surface area contributed by atoms with Crippen molar-refractivity contribution in [3.63, 3.8) is 0 Å². The largest absolute Gasteiger partial charge is 0.493 e. The van der Waals surface area contributed by atoms with Crippen LogP contribution in [0.4, 0.5) is 4.39 Å². The topological polar surface area (TPSA) is 85.4 Å². The van der Waals surface area contributed by atoms with Gasteiger partial charge in [0, 0.05) is 41.9 Å². The number of aryl methyl sites for hydroxylation is 1. The second kappa shape index (κ2) is 7.21. The minimum absolute atomic E-state index is 0.109. The number of aromatic nitrogens is 5. The average molecular weight is 391 g/mol. The third-order valence-corrected chi connectivity index (χ3v) is 5.25. The van der Waals surface area contributed by atoms with Crippen molar-refractivity contribution in [1.29, 1.82) is 0 Å². The Morgan fingerprint density at radius 3 is 2.86 bits per heavy atom. The van der Waals surface area contributed by atoms with Crippen LogP contribution in [0.1, 0.15) is 22.6 Å². The van der Waals surface area contributed by atoms with Crippen molar-refractivity contribution in [2.75, 3.05) is 6.61 Å². The molecule has 1 aliphatic heterocycles. The van der Waals surface area contributed by atoms with Gasteiger partial charge in [0.1, 0.15) is 23.7 Å². The van der Waals surface area contributed by atoms with Crippen molar-refractivity contribution in [2.45, 2.75) is 25.9 Å². The summed E-state index contributed by atoms with van der Waals surface area (Å²) in [6.07, 6.45) is 6.83. The third-order valence-electron chi connectivity index (χ3n) is 5.25. The van der Waals surface area contributed by atoms with Crippen LogP contribution in [-0.2, 0) is 25.9 Å². The predicted octanol–water partition coefficient (Wildman–Crippen LogP) is 2.54. The lowest BCUT2D eigenvalue weighted by Crippen LogP contribution is -2.06. The highest BCUT2D eigenvalue weighted by Crippen LogP contribution is 2.31. The molecule has 0 aliphatic carbocycles. The van der Waals surface area contributed by atoms with Crippen LogP contribution in [-0.4, -0.2) is 36.3 Å². The van der Waals surface area contributed by atoms with Gasteiger partial charge in [-0.1, -0.05) is 6.07 Å². The third kappa shape index (κ3) is 3.11. The van der Waals surface area contributed by atoms with E-state index < -0.39 is 0 Å². The number of rotatable bonds is 5. The van der Waals surface area contributed by atoms with E-state index in [0.717, 1.165) is 34.7 Å². The van der Waals surface area contributed by atoms with Gasteiger partial charge in [-0.25, -0.2) is 9.37 Å². The van der Waals surface area contributed by atoms with Gasteiger partial charge in [0.25, 0.3) is 0 Å². The maximum Gasteiger partial charge on any atom is 0.171 e. The SMILES string of the molecule is OCc1ccc(-c2cnc(CCc3c(F)ccc4c3CCO4)n3cnnc23)cn1. The maximum absolute atomic E-state index is 14.4. The number of hydrogen-bond donors (Lipinski definition) is 1. The summed E-state index contributed by atoms with van der Waals surface area (Å²) in [6, 6.07) is 6.79.